The third-order valence-corrected chi connectivity index (χ3v) is 3.04. The molecule has 88 valence electrons. The summed E-state index contributed by atoms with van der Waals surface area (Å²) >= 11 is 0. The number of rotatable bonds is 2. The highest BCUT2D eigenvalue weighted by Crippen LogP contribution is 2.27. The van der Waals surface area contributed by atoms with Crippen molar-refractivity contribution in [2.24, 2.45) is 0 Å². The number of aryl methyl sites for hydroxylation is 1. The van der Waals surface area contributed by atoms with Crippen LogP contribution in [0.15, 0.2) is 18.2 Å². The molecule has 1 saturated heterocycles. The van der Waals surface area contributed by atoms with Gasteiger partial charge in [-0.25, -0.2) is 4.39 Å². The molecular formula is C13H18FNO. The molecular weight excluding hydrogens is 205 g/mol. The molecule has 3 heteroatoms. The SMILES string of the molecule is Cc1cc(F)cc(OC2(C)CCNCC2)c1. The van der Waals surface area contributed by atoms with Crippen molar-refractivity contribution < 1.29 is 9.13 Å². The maximum atomic E-state index is 13.2. The van der Waals surface area contributed by atoms with Gasteiger partial charge in [0.1, 0.15) is 17.2 Å². The van der Waals surface area contributed by atoms with Crippen molar-refractivity contribution in [3.63, 3.8) is 0 Å². The van der Waals surface area contributed by atoms with Crippen LogP contribution in [0, 0.1) is 12.7 Å². The van der Waals surface area contributed by atoms with Gasteiger partial charge >= 0.3 is 0 Å². The normalized spacial score (nSPS) is 19.4. The molecule has 0 saturated carbocycles. The molecule has 1 fully saturated rings. The van der Waals surface area contributed by atoms with Gasteiger partial charge in [-0.3, -0.25) is 0 Å². The monoisotopic (exact) mass is 223 g/mol. The zero-order valence-electron chi connectivity index (χ0n) is 9.85. The fourth-order valence-electron chi connectivity index (χ4n) is 2.10. The average molecular weight is 223 g/mol. The summed E-state index contributed by atoms with van der Waals surface area (Å²) in [6, 6.07) is 4.86. The molecule has 1 aromatic rings. The second-order valence-corrected chi connectivity index (χ2v) is 4.77. The van der Waals surface area contributed by atoms with Gasteiger partial charge in [0.05, 0.1) is 0 Å². The van der Waals surface area contributed by atoms with Gasteiger partial charge in [0.15, 0.2) is 0 Å². The van der Waals surface area contributed by atoms with Crippen LogP contribution < -0.4 is 10.1 Å². The van der Waals surface area contributed by atoms with Crippen molar-refractivity contribution in [2.75, 3.05) is 13.1 Å². The lowest BCUT2D eigenvalue weighted by molar-refractivity contribution is 0.0552. The first-order valence-corrected chi connectivity index (χ1v) is 5.74. The summed E-state index contributed by atoms with van der Waals surface area (Å²) in [5.74, 6) is 0.412. The summed E-state index contributed by atoms with van der Waals surface area (Å²) in [6.45, 7) is 5.89. The molecule has 0 atom stereocenters. The van der Waals surface area contributed by atoms with Gasteiger partial charge in [-0.15, -0.1) is 0 Å². The highest BCUT2D eigenvalue weighted by Gasteiger charge is 2.28. The van der Waals surface area contributed by atoms with Crippen LogP contribution in [0.1, 0.15) is 25.3 Å². The number of piperidine rings is 1. The second-order valence-electron chi connectivity index (χ2n) is 4.77. The van der Waals surface area contributed by atoms with Crippen molar-refractivity contribution in [1.82, 2.24) is 5.32 Å². The summed E-state index contributed by atoms with van der Waals surface area (Å²) < 4.78 is 19.1. The Morgan fingerprint density at radius 2 is 1.94 bits per heavy atom. The van der Waals surface area contributed by atoms with E-state index in [0.717, 1.165) is 31.5 Å². The van der Waals surface area contributed by atoms with Crippen LogP contribution >= 0.6 is 0 Å². The minimum atomic E-state index is -0.229. The van der Waals surface area contributed by atoms with Crippen LogP contribution in [0.25, 0.3) is 0 Å². The number of benzene rings is 1. The van der Waals surface area contributed by atoms with Crippen LogP contribution in [-0.4, -0.2) is 18.7 Å². The van der Waals surface area contributed by atoms with Gasteiger partial charge in [-0.05, 0) is 57.5 Å². The Morgan fingerprint density at radius 1 is 1.25 bits per heavy atom. The molecule has 2 nitrogen and oxygen atoms in total. The van der Waals surface area contributed by atoms with Crippen molar-refractivity contribution in [3.05, 3.63) is 29.6 Å². The van der Waals surface area contributed by atoms with E-state index in [1.807, 2.05) is 13.0 Å². The lowest BCUT2D eigenvalue weighted by atomic mass is 9.94. The van der Waals surface area contributed by atoms with Crippen LogP contribution in [0.4, 0.5) is 4.39 Å². The molecule has 0 spiro atoms. The van der Waals surface area contributed by atoms with E-state index in [2.05, 4.69) is 12.2 Å². The fourth-order valence-corrected chi connectivity index (χ4v) is 2.10. The molecule has 0 unspecified atom stereocenters. The van der Waals surface area contributed by atoms with Crippen molar-refractivity contribution in [1.29, 1.82) is 0 Å². The molecule has 0 bridgehead atoms. The van der Waals surface area contributed by atoms with Gasteiger partial charge in [-0.2, -0.15) is 0 Å². The molecule has 16 heavy (non-hydrogen) atoms. The first kappa shape index (κ1) is 11.4. The van der Waals surface area contributed by atoms with E-state index >= 15 is 0 Å². The Balaban J connectivity index is 2.13. The van der Waals surface area contributed by atoms with Gasteiger partial charge < -0.3 is 10.1 Å². The molecule has 1 heterocycles. The Kier molecular flexibility index (Phi) is 3.15. The number of hydrogen-bond donors (Lipinski definition) is 1. The molecule has 0 radical (unpaired) electrons. The lowest BCUT2D eigenvalue weighted by Gasteiger charge is -2.34. The third-order valence-electron chi connectivity index (χ3n) is 3.04. The quantitative estimate of drug-likeness (QED) is 0.832. The van der Waals surface area contributed by atoms with Gasteiger partial charge in [0.25, 0.3) is 0 Å². The Morgan fingerprint density at radius 3 is 2.56 bits per heavy atom. The zero-order chi connectivity index (χ0) is 11.6. The minimum absolute atomic E-state index is 0.161. The molecule has 1 aliphatic rings. The first-order chi connectivity index (χ1) is 7.57. The maximum Gasteiger partial charge on any atom is 0.127 e. The highest BCUT2D eigenvalue weighted by atomic mass is 19.1. The Labute approximate surface area is 95.8 Å². The predicted molar refractivity (Wildman–Crippen MR) is 62.3 cm³/mol. The molecule has 0 amide bonds. The van der Waals surface area contributed by atoms with Crippen molar-refractivity contribution in [2.45, 2.75) is 32.3 Å². The van der Waals surface area contributed by atoms with Crippen LogP contribution in [0.5, 0.6) is 5.75 Å². The van der Waals surface area contributed by atoms with E-state index < -0.39 is 0 Å². The van der Waals surface area contributed by atoms with Crippen molar-refractivity contribution in [3.8, 4) is 5.75 Å². The van der Waals surface area contributed by atoms with Gasteiger partial charge in [-0.1, -0.05) is 0 Å². The first-order valence-electron chi connectivity index (χ1n) is 5.74. The lowest BCUT2D eigenvalue weighted by Crippen LogP contribution is -2.43. The fraction of sp³-hybridized carbons (Fsp3) is 0.538. The number of hydrogen-bond acceptors (Lipinski definition) is 2. The van der Waals surface area contributed by atoms with E-state index in [-0.39, 0.29) is 11.4 Å². The highest BCUT2D eigenvalue weighted by molar-refractivity contribution is 5.29. The summed E-state index contributed by atoms with van der Waals surface area (Å²) in [7, 11) is 0. The van der Waals surface area contributed by atoms with E-state index in [0.29, 0.717) is 5.75 Å². The van der Waals surface area contributed by atoms with Gasteiger partial charge in [0.2, 0.25) is 0 Å². The Bertz CT molecular complexity index is 352. The van der Waals surface area contributed by atoms with Crippen LogP contribution in [-0.2, 0) is 0 Å². The summed E-state index contributed by atoms with van der Waals surface area (Å²) in [5, 5.41) is 3.29. The summed E-state index contributed by atoms with van der Waals surface area (Å²) in [5.41, 5.74) is 0.735. The summed E-state index contributed by atoms with van der Waals surface area (Å²) in [6.07, 6.45) is 1.92. The smallest absolute Gasteiger partial charge is 0.127 e. The topological polar surface area (TPSA) is 21.3 Å². The molecule has 1 aliphatic heterocycles. The minimum Gasteiger partial charge on any atom is -0.487 e. The largest absolute Gasteiger partial charge is 0.487 e. The molecule has 1 N–H and O–H groups in total. The number of nitrogens with one attached hydrogen (secondary N) is 1. The Hall–Kier alpha value is -1.09. The van der Waals surface area contributed by atoms with Gasteiger partial charge in [0, 0.05) is 6.07 Å². The predicted octanol–water partition coefficient (Wildman–Crippen LogP) is 2.66. The number of halogens is 1. The maximum absolute atomic E-state index is 13.2. The van der Waals surface area contributed by atoms with Crippen LogP contribution in [0.3, 0.4) is 0 Å². The molecule has 1 aromatic carbocycles. The third kappa shape index (κ3) is 2.73. The van der Waals surface area contributed by atoms with Crippen LogP contribution in [0.2, 0.25) is 0 Å². The standard InChI is InChI=1S/C13H18FNO/c1-10-7-11(14)9-12(8-10)16-13(2)3-5-15-6-4-13/h7-9,15H,3-6H2,1-2H3. The molecule has 0 aliphatic carbocycles. The van der Waals surface area contributed by atoms with Crippen molar-refractivity contribution >= 4 is 0 Å². The van der Waals surface area contributed by atoms with E-state index in [1.165, 1.54) is 12.1 Å². The average Bonchev–Trinajstić information content (AvgIpc) is 2.15. The number of ether oxygens (including phenoxy) is 1. The molecule has 0 aromatic heterocycles. The van der Waals surface area contributed by atoms with E-state index in [4.69, 9.17) is 4.74 Å². The zero-order valence-corrected chi connectivity index (χ0v) is 9.85. The molecule has 2 rings (SSSR count). The summed E-state index contributed by atoms with van der Waals surface area (Å²) in [4.78, 5) is 0. The van der Waals surface area contributed by atoms with E-state index in [1.54, 1.807) is 0 Å². The second kappa shape index (κ2) is 4.42. The van der Waals surface area contributed by atoms with E-state index in [9.17, 15) is 4.39 Å².